The fourth-order valence-electron chi connectivity index (χ4n) is 2.74. The lowest BCUT2D eigenvalue weighted by molar-refractivity contribution is -0.151. The van der Waals surface area contributed by atoms with Gasteiger partial charge in [-0.25, -0.2) is 15.0 Å². The number of carbonyl (C=O) groups excluding carboxylic acids is 1. The highest BCUT2D eigenvalue weighted by atomic mass is 31.2. The molecular formula is C17H26N5O6P. The fraction of sp³-hybridized carbons (Fsp3) is 0.647. The van der Waals surface area contributed by atoms with E-state index in [-0.39, 0.29) is 18.7 Å². The van der Waals surface area contributed by atoms with Crippen LogP contribution in [0.1, 0.15) is 33.1 Å². The molecule has 11 nitrogen and oxygen atoms in total. The van der Waals surface area contributed by atoms with Crippen molar-refractivity contribution in [3.8, 4) is 0 Å². The second-order valence-corrected chi connectivity index (χ2v) is 9.52. The molecule has 0 spiro atoms. The lowest BCUT2D eigenvalue weighted by atomic mass is 10.1. The number of nitrogens with two attached hydrogens (primary N) is 1. The lowest BCUT2D eigenvalue weighted by Gasteiger charge is -2.21. The van der Waals surface area contributed by atoms with Crippen molar-refractivity contribution < 1.29 is 27.9 Å². The summed E-state index contributed by atoms with van der Waals surface area (Å²) in [6.07, 6.45) is 4.56. The minimum absolute atomic E-state index is 0.162. The molecule has 1 unspecified atom stereocenters. The van der Waals surface area contributed by atoms with E-state index in [1.807, 2.05) is 18.4 Å². The number of hydrogen-bond acceptors (Lipinski definition) is 10. The molecule has 0 bridgehead atoms. The SMILES string of the molecule is COP(=O)(COC1(Cn2cnc3c(N)ncnc32)CC1)OCOC(=O)CC(C)C. The highest BCUT2D eigenvalue weighted by molar-refractivity contribution is 7.53. The molecule has 0 aliphatic heterocycles. The molecule has 0 saturated heterocycles. The molecule has 12 heteroatoms. The first-order chi connectivity index (χ1) is 13.8. The topological polar surface area (TPSA) is 141 Å². The van der Waals surface area contributed by atoms with Gasteiger partial charge in [0.05, 0.1) is 18.5 Å². The Labute approximate surface area is 168 Å². The smallest absolute Gasteiger partial charge is 0.358 e. The zero-order valence-electron chi connectivity index (χ0n) is 16.7. The Bertz CT molecular complexity index is 913. The van der Waals surface area contributed by atoms with Crippen LogP contribution < -0.4 is 5.73 Å². The van der Waals surface area contributed by atoms with Gasteiger partial charge in [0.15, 0.2) is 11.5 Å². The van der Waals surface area contributed by atoms with Crippen LogP contribution in [0.2, 0.25) is 0 Å². The molecule has 2 aromatic rings. The van der Waals surface area contributed by atoms with Crippen LogP contribution in [-0.4, -0.2) is 51.3 Å². The Morgan fingerprint density at radius 3 is 2.76 bits per heavy atom. The number of aromatic nitrogens is 4. The molecule has 160 valence electrons. The van der Waals surface area contributed by atoms with Crippen LogP contribution in [0, 0.1) is 5.92 Å². The Morgan fingerprint density at radius 2 is 2.10 bits per heavy atom. The van der Waals surface area contributed by atoms with Crippen LogP contribution in [-0.2, 0) is 34.4 Å². The van der Waals surface area contributed by atoms with Crippen LogP contribution in [0.3, 0.4) is 0 Å². The van der Waals surface area contributed by atoms with Gasteiger partial charge in [0.25, 0.3) is 0 Å². The van der Waals surface area contributed by atoms with Crippen LogP contribution in [0.25, 0.3) is 11.2 Å². The zero-order valence-corrected chi connectivity index (χ0v) is 17.6. The highest BCUT2D eigenvalue weighted by Crippen LogP contribution is 2.51. The highest BCUT2D eigenvalue weighted by Gasteiger charge is 2.46. The lowest BCUT2D eigenvalue weighted by Crippen LogP contribution is -2.23. The van der Waals surface area contributed by atoms with E-state index in [2.05, 4.69) is 15.0 Å². The minimum Gasteiger partial charge on any atom is -0.438 e. The summed E-state index contributed by atoms with van der Waals surface area (Å²) in [5.41, 5.74) is 6.43. The Kier molecular flexibility index (Phi) is 6.52. The van der Waals surface area contributed by atoms with Gasteiger partial charge in [0, 0.05) is 13.5 Å². The Morgan fingerprint density at radius 1 is 1.34 bits per heavy atom. The van der Waals surface area contributed by atoms with Gasteiger partial charge in [-0.15, -0.1) is 0 Å². The standard InChI is InChI=1S/C17H26N5O6P/c1-12(2)6-13(23)26-10-28-29(24,25-3)11-27-17(4-5-17)7-22-9-21-14-15(18)19-8-20-16(14)22/h8-9,12H,4-7,10-11H2,1-3H3,(H2,18,19,20). The first-order valence-corrected chi connectivity index (χ1v) is 11.0. The van der Waals surface area contributed by atoms with Crippen molar-refractivity contribution in [2.45, 2.75) is 45.3 Å². The first kappa shape index (κ1) is 21.6. The summed E-state index contributed by atoms with van der Waals surface area (Å²) < 4.78 is 35.5. The molecular weight excluding hydrogens is 401 g/mol. The number of ether oxygens (including phenoxy) is 2. The van der Waals surface area contributed by atoms with Crippen LogP contribution >= 0.6 is 7.60 Å². The molecule has 29 heavy (non-hydrogen) atoms. The second kappa shape index (κ2) is 8.74. The number of imidazole rings is 1. The monoisotopic (exact) mass is 427 g/mol. The van der Waals surface area contributed by atoms with E-state index in [1.165, 1.54) is 13.4 Å². The van der Waals surface area contributed by atoms with Gasteiger partial charge < -0.3 is 24.3 Å². The molecule has 0 aromatic carbocycles. The number of nitrogen functional groups attached to an aromatic ring is 1. The number of carbonyl (C=O) groups is 1. The summed E-state index contributed by atoms with van der Waals surface area (Å²) >= 11 is 0. The second-order valence-electron chi connectivity index (χ2n) is 7.41. The maximum Gasteiger partial charge on any atom is 0.358 e. The summed E-state index contributed by atoms with van der Waals surface area (Å²) in [6.45, 7) is 3.81. The normalized spacial score (nSPS) is 17.4. The third-order valence-corrected chi connectivity index (χ3v) is 6.05. The molecule has 1 aliphatic carbocycles. The number of esters is 1. The fourth-order valence-corrected chi connectivity index (χ4v) is 3.67. The Hall–Kier alpha value is -2.07. The molecule has 0 radical (unpaired) electrons. The summed E-state index contributed by atoms with van der Waals surface area (Å²) in [7, 11) is -2.30. The maximum atomic E-state index is 12.7. The predicted octanol–water partition coefficient (Wildman–Crippen LogP) is 2.32. The van der Waals surface area contributed by atoms with Crippen molar-refractivity contribution in [1.82, 2.24) is 19.5 Å². The van der Waals surface area contributed by atoms with Crippen molar-refractivity contribution in [3.05, 3.63) is 12.7 Å². The van der Waals surface area contributed by atoms with Crippen molar-refractivity contribution in [2.75, 3.05) is 26.0 Å². The largest absolute Gasteiger partial charge is 0.438 e. The van der Waals surface area contributed by atoms with Crippen molar-refractivity contribution in [3.63, 3.8) is 0 Å². The minimum atomic E-state index is -3.56. The zero-order chi connectivity index (χ0) is 21.1. The average molecular weight is 427 g/mol. The third-order valence-electron chi connectivity index (χ3n) is 4.55. The van der Waals surface area contributed by atoms with E-state index >= 15 is 0 Å². The number of nitrogens with zero attached hydrogens (tertiary/aromatic N) is 4. The molecule has 3 rings (SSSR count). The number of anilines is 1. The molecule has 1 fully saturated rings. The van der Waals surface area contributed by atoms with Gasteiger partial charge in [-0.2, -0.15) is 0 Å². The van der Waals surface area contributed by atoms with E-state index in [1.54, 1.807) is 6.33 Å². The quantitative estimate of drug-likeness (QED) is 0.323. The predicted molar refractivity (Wildman–Crippen MR) is 104 cm³/mol. The van der Waals surface area contributed by atoms with Crippen LogP contribution in [0.5, 0.6) is 0 Å². The van der Waals surface area contributed by atoms with Gasteiger partial charge in [0.1, 0.15) is 18.2 Å². The first-order valence-electron chi connectivity index (χ1n) is 9.26. The summed E-state index contributed by atoms with van der Waals surface area (Å²) in [5, 5.41) is 0. The molecule has 1 saturated carbocycles. The third kappa shape index (κ3) is 5.51. The van der Waals surface area contributed by atoms with E-state index < -0.39 is 26.0 Å². The number of rotatable bonds is 11. The van der Waals surface area contributed by atoms with Gasteiger partial charge >= 0.3 is 13.6 Å². The van der Waals surface area contributed by atoms with E-state index in [4.69, 9.17) is 24.3 Å². The van der Waals surface area contributed by atoms with Gasteiger partial charge in [-0.1, -0.05) is 13.8 Å². The van der Waals surface area contributed by atoms with Gasteiger partial charge in [-0.05, 0) is 18.8 Å². The van der Waals surface area contributed by atoms with Gasteiger partial charge in [-0.3, -0.25) is 13.9 Å². The number of fused-ring (bicyclic) bond motifs is 1. The van der Waals surface area contributed by atoms with E-state index in [0.29, 0.717) is 23.5 Å². The molecule has 2 heterocycles. The molecule has 2 aromatic heterocycles. The van der Waals surface area contributed by atoms with Crippen LogP contribution in [0.4, 0.5) is 5.82 Å². The van der Waals surface area contributed by atoms with E-state index in [0.717, 1.165) is 12.8 Å². The molecule has 0 amide bonds. The molecule has 2 N–H and O–H groups in total. The summed E-state index contributed by atoms with van der Waals surface area (Å²) in [6, 6.07) is 0. The van der Waals surface area contributed by atoms with Crippen LogP contribution in [0.15, 0.2) is 12.7 Å². The number of hydrogen-bond donors (Lipinski definition) is 1. The van der Waals surface area contributed by atoms with Crippen molar-refractivity contribution >= 4 is 30.5 Å². The van der Waals surface area contributed by atoms with Crippen molar-refractivity contribution in [1.29, 1.82) is 0 Å². The van der Waals surface area contributed by atoms with E-state index in [9.17, 15) is 9.36 Å². The maximum absolute atomic E-state index is 12.7. The van der Waals surface area contributed by atoms with Gasteiger partial charge in [0.2, 0.25) is 6.79 Å². The molecule has 1 aliphatic rings. The van der Waals surface area contributed by atoms with Crippen molar-refractivity contribution in [2.24, 2.45) is 5.92 Å². The Balaban J connectivity index is 1.55. The summed E-state index contributed by atoms with van der Waals surface area (Å²) in [5.74, 6) is 0.0500. The average Bonchev–Trinajstić information content (AvgIpc) is 3.32. The summed E-state index contributed by atoms with van der Waals surface area (Å²) in [4.78, 5) is 23.9. The molecule has 1 atom stereocenters.